The minimum Gasteiger partial charge on any atom is -0.384 e. The third-order valence-electron chi connectivity index (χ3n) is 5.92. The average Bonchev–Trinajstić information content (AvgIpc) is 3.27. The summed E-state index contributed by atoms with van der Waals surface area (Å²) in [6.45, 7) is 0. The Balaban J connectivity index is 1.79. The predicted molar refractivity (Wildman–Crippen MR) is 117 cm³/mol. The van der Waals surface area contributed by atoms with Crippen LogP contribution in [-0.4, -0.2) is 40.1 Å². The molecule has 1 saturated carbocycles. The van der Waals surface area contributed by atoms with Crippen LogP contribution >= 0.6 is 0 Å². The van der Waals surface area contributed by atoms with Gasteiger partial charge in [-0.2, -0.15) is 0 Å². The van der Waals surface area contributed by atoms with Gasteiger partial charge in [-0.1, -0.05) is 12.1 Å². The van der Waals surface area contributed by atoms with E-state index in [4.69, 9.17) is 16.6 Å². The highest BCUT2D eigenvalue weighted by molar-refractivity contribution is 7.89. The minimum absolute atomic E-state index is 0.0351. The SMILES string of the molecule is Nc1ccc(-c2ccc(CC[C@H]3CC[C@@H](N)CC3)c(S(N)(=O)=O)c2-c2nnn[nH]2)cn1. The van der Waals surface area contributed by atoms with Crippen LogP contribution in [0.25, 0.3) is 22.5 Å². The second kappa shape index (κ2) is 8.69. The first-order valence-electron chi connectivity index (χ1n) is 10.2. The maximum absolute atomic E-state index is 12.7. The fourth-order valence-corrected chi connectivity index (χ4v) is 5.32. The zero-order valence-electron chi connectivity index (χ0n) is 17.0. The Hall–Kier alpha value is -2.89. The van der Waals surface area contributed by atoms with Crippen molar-refractivity contribution in [3.8, 4) is 22.5 Å². The molecule has 2 heterocycles. The van der Waals surface area contributed by atoms with Gasteiger partial charge in [-0.25, -0.2) is 23.6 Å². The average molecular weight is 443 g/mol. The number of benzene rings is 1. The molecule has 31 heavy (non-hydrogen) atoms. The molecule has 1 fully saturated rings. The first kappa shape index (κ1) is 21.3. The Labute approximate surface area is 180 Å². The van der Waals surface area contributed by atoms with Gasteiger partial charge in [0.25, 0.3) is 0 Å². The maximum atomic E-state index is 12.7. The number of hydrogen-bond donors (Lipinski definition) is 4. The highest BCUT2D eigenvalue weighted by Gasteiger charge is 2.27. The molecular weight excluding hydrogens is 416 g/mol. The Morgan fingerprint density at radius 2 is 1.87 bits per heavy atom. The lowest BCUT2D eigenvalue weighted by Crippen LogP contribution is -2.26. The summed E-state index contributed by atoms with van der Waals surface area (Å²) >= 11 is 0. The van der Waals surface area contributed by atoms with E-state index in [1.807, 2.05) is 12.1 Å². The van der Waals surface area contributed by atoms with Crippen molar-refractivity contribution in [2.75, 3.05) is 5.73 Å². The summed E-state index contributed by atoms with van der Waals surface area (Å²) in [7, 11) is -4.07. The van der Waals surface area contributed by atoms with Crippen LogP contribution < -0.4 is 16.6 Å². The Morgan fingerprint density at radius 1 is 1.10 bits per heavy atom. The number of hydrogen-bond acceptors (Lipinski definition) is 8. The topological polar surface area (TPSA) is 180 Å². The lowest BCUT2D eigenvalue weighted by atomic mass is 9.83. The summed E-state index contributed by atoms with van der Waals surface area (Å²) < 4.78 is 25.5. The van der Waals surface area contributed by atoms with Gasteiger partial charge < -0.3 is 11.5 Å². The molecule has 164 valence electrons. The number of anilines is 1. The Kier molecular flexibility index (Phi) is 5.99. The van der Waals surface area contributed by atoms with Crippen LogP contribution in [0.1, 0.15) is 37.7 Å². The molecule has 4 rings (SSSR count). The highest BCUT2D eigenvalue weighted by Crippen LogP contribution is 2.38. The van der Waals surface area contributed by atoms with Gasteiger partial charge in [0.2, 0.25) is 10.0 Å². The molecular formula is C20H26N8O2S. The lowest BCUT2D eigenvalue weighted by molar-refractivity contribution is 0.310. The number of pyridine rings is 1. The van der Waals surface area contributed by atoms with E-state index in [-0.39, 0.29) is 16.8 Å². The van der Waals surface area contributed by atoms with Crippen molar-refractivity contribution >= 4 is 15.8 Å². The Bertz CT molecular complexity index is 1140. The van der Waals surface area contributed by atoms with Gasteiger partial charge in [0, 0.05) is 23.4 Å². The van der Waals surface area contributed by atoms with Crippen LogP contribution in [0, 0.1) is 5.92 Å². The molecule has 3 aromatic rings. The molecule has 1 aliphatic carbocycles. The van der Waals surface area contributed by atoms with E-state index in [2.05, 4.69) is 25.6 Å². The van der Waals surface area contributed by atoms with E-state index in [0.717, 1.165) is 32.1 Å². The summed E-state index contributed by atoms with van der Waals surface area (Å²) in [5.41, 5.74) is 14.0. The molecule has 11 heteroatoms. The molecule has 0 radical (unpaired) electrons. The largest absolute Gasteiger partial charge is 0.384 e. The van der Waals surface area contributed by atoms with Gasteiger partial charge in [-0.05, 0) is 78.1 Å². The smallest absolute Gasteiger partial charge is 0.239 e. The fraction of sp³-hybridized carbons (Fsp3) is 0.400. The van der Waals surface area contributed by atoms with E-state index in [0.29, 0.717) is 40.4 Å². The maximum Gasteiger partial charge on any atom is 0.239 e. The second-order valence-electron chi connectivity index (χ2n) is 8.06. The number of nitrogens with one attached hydrogen (secondary N) is 1. The van der Waals surface area contributed by atoms with Gasteiger partial charge in [-0.15, -0.1) is 5.10 Å². The second-order valence-corrected chi connectivity index (χ2v) is 9.56. The first-order chi connectivity index (χ1) is 14.8. The molecule has 7 N–H and O–H groups in total. The number of sulfonamides is 1. The van der Waals surface area contributed by atoms with Crippen molar-refractivity contribution < 1.29 is 8.42 Å². The molecule has 0 saturated heterocycles. The summed E-state index contributed by atoms with van der Waals surface area (Å²) in [5, 5.41) is 19.6. The number of H-pyrrole nitrogens is 1. The normalized spacial score (nSPS) is 19.4. The van der Waals surface area contributed by atoms with Crippen LogP contribution in [0.15, 0.2) is 35.4 Å². The van der Waals surface area contributed by atoms with Crippen LogP contribution in [0.2, 0.25) is 0 Å². The van der Waals surface area contributed by atoms with E-state index in [1.54, 1.807) is 18.3 Å². The lowest BCUT2D eigenvalue weighted by Gasteiger charge is -2.26. The van der Waals surface area contributed by atoms with E-state index >= 15 is 0 Å². The number of aromatic amines is 1. The third-order valence-corrected chi connectivity index (χ3v) is 6.95. The van der Waals surface area contributed by atoms with E-state index in [1.165, 1.54) is 0 Å². The quantitative estimate of drug-likeness (QED) is 0.444. The summed E-state index contributed by atoms with van der Waals surface area (Å²) in [4.78, 5) is 4.16. The predicted octanol–water partition coefficient (Wildman–Crippen LogP) is 1.61. The van der Waals surface area contributed by atoms with Gasteiger partial charge in [0.15, 0.2) is 5.82 Å². The van der Waals surface area contributed by atoms with Crippen molar-refractivity contribution in [1.29, 1.82) is 0 Å². The molecule has 0 spiro atoms. The number of nitrogens with two attached hydrogens (primary N) is 3. The summed E-state index contributed by atoms with van der Waals surface area (Å²) in [6, 6.07) is 7.35. The standard InChI is InChI=1S/C20H26N8O2S/c21-15-7-2-12(3-8-15)1-4-13-5-9-16(14-6-10-17(22)24-11-14)18(19(13)31(23,29)30)20-25-27-28-26-20/h5-6,9-12,15H,1-4,7-8,21H2,(H2,22,24)(H2,23,29,30)(H,25,26,27,28)/t12-,15+. The van der Waals surface area contributed by atoms with Gasteiger partial charge in [0.05, 0.1) is 4.90 Å². The van der Waals surface area contributed by atoms with Crippen molar-refractivity contribution in [3.63, 3.8) is 0 Å². The Morgan fingerprint density at radius 3 is 2.48 bits per heavy atom. The number of aromatic nitrogens is 5. The van der Waals surface area contributed by atoms with Crippen LogP contribution in [-0.2, 0) is 16.4 Å². The molecule has 10 nitrogen and oxygen atoms in total. The van der Waals surface area contributed by atoms with Gasteiger partial charge >= 0.3 is 0 Å². The molecule has 2 aromatic heterocycles. The van der Waals surface area contributed by atoms with E-state index in [9.17, 15) is 8.42 Å². The zero-order valence-corrected chi connectivity index (χ0v) is 17.8. The number of tetrazole rings is 1. The number of primary sulfonamides is 1. The van der Waals surface area contributed by atoms with E-state index < -0.39 is 10.0 Å². The highest BCUT2D eigenvalue weighted by atomic mass is 32.2. The van der Waals surface area contributed by atoms with Crippen LogP contribution in [0.4, 0.5) is 5.82 Å². The third kappa shape index (κ3) is 4.73. The molecule has 0 bridgehead atoms. The summed E-state index contributed by atoms with van der Waals surface area (Å²) in [5.74, 6) is 1.10. The van der Waals surface area contributed by atoms with Crippen LogP contribution in [0.5, 0.6) is 0 Å². The number of nitrogens with zero attached hydrogens (tertiary/aromatic N) is 4. The fourth-order valence-electron chi connectivity index (χ4n) is 4.29. The van der Waals surface area contributed by atoms with Crippen molar-refractivity contribution in [1.82, 2.24) is 25.6 Å². The molecule has 0 atom stereocenters. The van der Waals surface area contributed by atoms with Crippen molar-refractivity contribution in [2.45, 2.75) is 49.5 Å². The molecule has 0 amide bonds. The number of aryl methyl sites for hydroxylation is 1. The number of nitrogen functional groups attached to an aromatic ring is 1. The van der Waals surface area contributed by atoms with Gasteiger partial charge in [-0.3, -0.25) is 0 Å². The number of rotatable bonds is 6. The van der Waals surface area contributed by atoms with Crippen molar-refractivity contribution in [2.24, 2.45) is 16.8 Å². The van der Waals surface area contributed by atoms with Crippen molar-refractivity contribution in [3.05, 3.63) is 36.0 Å². The minimum atomic E-state index is -4.07. The zero-order chi connectivity index (χ0) is 22.0. The molecule has 1 aromatic carbocycles. The van der Waals surface area contributed by atoms with Gasteiger partial charge in [0.1, 0.15) is 5.82 Å². The monoisotopic (exact) mass is 442 g/mol. The molecule has 0 unspecified atom stereocenters. The van der Waals surface area contributed by atoms with Crippen LogP contribution in [0.3, 0.4) is 0 Å². The first-order valence-corrected chi connectivity index (χ1v) is 11.8. The molecule has 0 aliphatic heterocycles. The molecule has 1 aliphatic rings. The summed E-state index contributed by atoms with van der Waals surface area (Å²) in [6.07, 6.45) is 7.15.